The maximum absolute atomic E-state index is 12.1. The Balaban J connectivity index is 5.13. The van der Waals surface area contributed by atoms with E-state index in [0.717, 1.165) is 0 Å². The molecule has 17 heavy (non-hydrogen) atoms. The average molecular weight is 244 g/mol. The summed E-state index contributed by atoms with van der Waals surface area (Å²) < 4.78 is 5.25. The summed E-state index contributed by atoms with van der Waals surface area (Å²) in [6.07, 6.45) is 1.94. The van der Waals surface area contributed by atoms with Crippen molar-refractivity contribution in [2.75, 3.05) is 0 Å². The van der Waals surface area contributed by atoms with Crippen molar-refractivity contribution in [1.82, 2.24) is 0 Å². The molecule has 0 aromatic carbocycles. The molecule has 100 valence electrons. The van der Waals surface area contributed by atoms with Crippen molar-refractivity contribution in [1.29, 1.82) is 0 Å². The SMILES string of the molecule is CCCC(CCC)(C(=O)O)C(=O)OC(C)(C)C. The second kappa shape index (κ2) is 6.03. The van der Waals surface area contributed by atoms with Crippen LogP contribution in [0.15, 0.2) is 0 Å². The van der Waals surface area contributed by atoms with Crippen LogP contribution in [-0.2, 0) is 14.3 Å². The van der Waals surface area contributed by atoms with Gasteiger partial charge in [0.2, 0.25) is 0 Å². The van der Waals surface area contributed by atoms with Gasteiger partial charge in [-0.3, -0.25) is 9.59 Å². The molecule has 0 radical (unpaired) electrons. The van der Waals surface area contributed by atoms with Crippen LogP contribution in [0.3, 0.4) is 0 Å². The van der Waals surface area contributed by atoms with Gasteiger partial charge < -0.3 is 9.84 Å². The summed E-state index contributed by atoms with van der Waals surface area (Å²) in [5.74, 6) is -1.68. The Morgan fingerprint density at radius 1 is 1.06 bits per heavy atom. The number of carbonyl (C=O) groups excluding carboxylic acids is 1. The molecule has 1 N–H and O–H groups in total. The number of aliphatic carboxylic acids is 1. The van der Waals surface area contributed by atoms with E-state index in [0.29, 0.717) is 25.7 Å². The monoisotopic (exact) mass is 244 g/mol. The molecule has 4 nitrogen and oxygen atoms in total. The fraction of sp³-hybridized carbons (Fsp3) is 0.846. The number of esters is 1. The van der Waals surface area contributed by atoms with Crippen LogP contribution in [0, 0.1) is 5.41 Å². The van der Waals surface area contributed by atoms with Crippen molar-refractivity contribution >= 4 is 11.9 Å². The molecule has 0 aliphatic carbocycles. The van der Waals surface area contributed by atoms with E-state index in [2.05, 4.69) is 0 Å². The molecular formula is C13H24O4. The average Bonchev–Trinajstić information content (AvgIpc) is 2.13. The molecule has 0 aliphatic heterocycles. The third kappa shape index (κ3) is 4.36. The quantitative estimate of drug-likeness (QED) is 0.576. The van der Waals surface area contributed by atoms with E-state index in [9.17, 15) is 14.7 Å². The molecule has 0 saturated heterocycles. The molecule has 0 aromatic rings. The maximum Gasteiger partial charge on any atom is 0.323 e. The van der Waals surface area contributed by atoms with Gasteiger partial charge in [-0.1, -0.05) is 26.7 Å². The molecular weight excluding hydrogens is 220 g/mol. The number of carboxylic acid groups (broad SMARTS) is 1. The fourth-order valence-corrected chi connectivity index (χ4v) is 1.86. The third-order valence-electron chi connectivity index (χ3n) is 2.55. The van der Waals surface area contributed by atoms with Crippen molar-refractivity contribution in [3.8, 4) is 0 Å². The third-order valence-corrected chi connectivity index (χ3v) is 2.55. The highest BCUT2D eigenvalue weighted by molar-refractivity contribution is 5.99. The van der Waals surface area contributed by atoms with Crippen molar-refractivity contribution in [3.05, 3.63) is 0 Å². The highest BCUT2D eigenvalue weighted by atomic mass is 16.6. The Kier molecular flexibility index (Phi) is 5.66. The lowest BCUT2D eigenvalue weighted by Gasteiger charge is -2.30. The van der Waals surface area contributed by atoms with E-state index in [1.165, 1.54) is 0 Å². The van der Waals surface area contributed by atoms with Gasteiger partial charge in [-0.2, -0.15) is 0 Å². The van der Waals surface area contributed by atoms with Gasteiger partial charge in [0.1, 0.15) is 5.60 Å². The predicted octanol–water partition coefficient (Wildman–Crippen LogP) is 3.00. The zero-order chi connectivity index (χ0) is 13.7. The molecule has 0 rings (SSSR count). The minimum Gasteiger partial charge on any atom is -0.480 e. The van der Waals surface area contributed by atoms with Crippen molar-refractivity contribution < 1.29 is 19.4 Å². The summed E-state index contributed by atoms with van der Waals surface area (Å²) in [4.78, 5) is 23.5. The molecule has 0 bridgehead atoms. The molecule has 0 fully saturated rings. The first-order valence-corrected chi connectivity index (χ1v) is 6.16. The van der Waals surface area contributed by atoms with Crippen molar-refractivity contribution in [3.63, 3.8) is 0 Å². The van der Waals surface area contributed by atoms with Crippen LogP contribution in [0.1, 0.15) is 60.3 Å². The van der Waals surface area contributed by atoms with Gasteiger partial charge in [0.15, 0.2) is 5.41 Å². The van der Waals surface area contributed by atoms with Crippen LogP contribution < -0.4 is 0 Å². The smallest absolute Gasteiger partial charge is 0.323 e. The van der Waals surface area contributed by atoms with Crippen LogP contribution in [0.5, 0.6) is 0 Å². The largest absolute Gasteiger partial charge is 0.480 e. The predicted molar refractivity (Wildman–Crippen MR) is 65.7 cm³/mol. The van der Waals surface area contributed by atoms with E-state index in [4.69, 9.17) is 4.74 Å². The minimum atomic E-state index is -1.38. The Morgan fingerprint density at radius 3 is 1.71 bits per heavy atom. The van der Waals surface area contributed by atoms with E-state index >= 15 is 0 Å². The lowest BCUT2D eigenvalue weighted by Crippen LogP contribution is -2.43. The lowest BCUT2D eigenvalue weighted by molar-refractivity contribution is -0.178. The van der Waals surface area contributed by atoms with Gasteiger partial charge in [0, 0.05) is 0 Å². The number of rotatable bonds is 6. The second-order valence-electron chi connectivity index (χ2n) is 5.39. The first kappa shape index (κ1) is 15.9. The molecule has 0 saturated carbocycles. The number of ether oxygens (including phenoxy) is 1. The van der Waals surface area contributed by atoms with Crippen LogP contribution in [0.2, 0.25) is 0 Å². The van der Waals surface area contributed by atoms with E-state index in [1.807, 2.05) is 13.8 Å². The normalized spacial score (nSPS) is 12.3. The molecule has 0 aliphatic rings. The zero-order valence-electron chi connectivity index (χ0n) is 11.5. The molecule has 0 unspecified atom stereocenters. The van der Waals surface area contributed by atoms with Gasteiger partial charge in [0.05, 0.1) is 0 Å². The van der Waals surface area contributed by atoms with Crippen molar-refractivity contribution in [2.45, 2.75) is 65.9 Å². The van der Waals surface area contributed by atoms with E-state index < -0.39 is 23.0 Å². The molecule has 0 atom stereocenters. The summed E-state index contributed by atoms with van der Waals surface area (Å²) in [5.41, 5.74) is -2.03. The topological polar surface area (TPSA) is 63.6 Å². The maximum atomic E-state index is 12.1. The van der Waals surface area contributed by atoms with Crippen LogP contribution in [0.4, 0.5) is 0 Å². The zero-order valence-corrected chi connectivity index (χ0v) is 11.5. The van der Waals surface area contributed by atoms with E-state index in [-0.39, 0.29) is 0 Å². The van der Waals surface area contributed by atoms with Gasteiger partial charge in [-0.15, -0.1) is 0 Å². The lowest BCUT2D eigenvalue weighted by atomic mass is 9.79. The fourth-order valence-electron chi connectivity index (χ4n) is 1.86. The number of carboxylic acids is 1. The van der Waals surface area contributed by atoms with E-state index in [1.54, 1.807) is 20.8 Å². The number of hydrogen-bond acceptors (Lipinski definition) is 3. The summed E-state index contributed by atoms with van der Waals surface area (Å²) in [7, 11) is 0. The Hall–Kier alpha value is -1.06. The Labute approximate surface area is 103 Å². The second-order valence-corrected chi connectivity index (χ2v) is 5.39. The van der Waals surface area contributed by atoms with Gasteiger partial charge in [0.25, 0.3) is 0 Å². The molecule has 0 aromatic heterocycles. The van der Waals surface area contributed by atoms with Crippen molar-refractivity contribution in [2.24, 2.45) is 5.41 Å². The molecule has 0 spiro atoms. The molecule has 0 heterocycles. The molecule has 0 amide bonds. The first-order chi connectivity index (χ1) is 7.69. The Bertz CT molecular complexity index is 270. The summed E-state index contributed by atoms with van der Waals surface area (Å²) in [6, 6.07) is 0. The highest BCUT2D eigenvalue weighted by Gasteiger charge is 2.47. The molecule has 4 heteroatoms. The Morgan fingerprint density at radius 2 is 1.47 bits per heavy atom. The van der Waals surface area contributed by atoms with Gasteiger partial charge in [-0.05, 0) is 33.6 Å². The van der Waals surface area contributed by atoms with Crippen LogP contribution in [0.25, 0.3) is 0 Å². The standard InChI is InChI=1S/C13H24O4/c1-6-8-13(9-7-2,10(14)15)11(16)17-12(3,4)5/h6-9H2,1-5H3,(H,14,15). The summed E-state index contributed by atoms with van der Waals surface area (Å²) in [6.45, 7) is 8.98. The highest BCUT2D eigenvalue weighted by Crippen LogP contribution is 2.33. The van der Waals surface area contributed by atoms with Gasteiger partial charge in [-0.25, -0.2) is 0 Å². The van der Waals surface area contributed by atoms with Crippen LogP contribution >= 0.6 is 0 Å². The van der Waals surface area contributed by atoms with Gasteiger partial charge >= 0.3 is 11.9 Å². The number of carbonyl (C=O) groups is 2. The minimum absolute atomic E-state index is 0.324. The summed E-state index contributed by atoms with van der Waals surface area (Å²) >= 11 is 0. The van der Waals surface area contributed by atoms with Crippen LogP contribution in [-0.4, -0.2) is 22.6 Å². The first-order valence-electron chi connectivity index (χ1n) is 6.16. The number of hydrogen-bond donors (Lipinski definition) is 1. The summed E-state index contributed by atoms with van der Waals surface area (Å²) in [5, 5.41) is 9.35.